The Bertz CT molecular complexity index is 692. The molecule has 3 N–H and O–H groups in total. The maximum atomic E-state index is 13.4. The van der Waals surface area contributed by atoms with Crippen molar-refractivity contribution in [3.05, 3.63) is 65.7 Å². The molecule has 0 aliphatic carbocycles. The third-order valence-corrected chi connectivity index (χ3v) is 3.20. The van der Waals surface area contributed by atoms with E-state index in [2.05, 4.69) is 16.2 Å². The first kappa shape index (κ1) is 16.8. The number of halogens is 2. The first-order valence-corrected chi connectivity index (χ1v) is 7.30. The molecule has 2 rings (SSSR count). The number of anilines is 1. The second-order valence-corrected chi connectivity index (χ2v) is 5.14. The lowest BCUT2D eigenvalue weighted by Gasteiger charge is -2.12. The maximum absolute atomic E-state index is 13.4. The number of carbonyl (C=O) groups excluding carboxylic acids is 1. The zero-order chi connectivity index (χ0) is 16.7. The Labute approximate surface area is 137 Å². The Morgan fingerprint density at radius 2 is 1.70 bits per heavy atom. The van der Waals surface area contributed by atoms with Gasteiger partial charge in [-0.1, -0.05) is 24.3 Å². The van der Waals surface area contributed by atoms with E-state index >= 15 is 0 Å². The lowest BCUT2D eigenvalue weighted by Crippen LogP contribution is -2.43. The van der Waals surface area contributed by atoms with Crippen molar-refractivity contribution in [1.82, 2.24) is 10.9 Å². The van der Waals surface area contributed by atoms with E-state index in [1.165, 1.54) is 24.3 Å². The fraction of sp³-hybridized carbons (Fsp3) is 0.125. The number of hydrazine groups is 1. The first-order valence-electron chi connectivity index (χ1n) is 6.89. The van der Waals surface area contributed by atoms with Crippen LogP contribution in [0.2, 0.25) is 0 Å². The van der Waals surface area contributed by atoms with Gasteiger partial charge in [-0.15, -0.1) is 0 Å². The molecule has 1 amide bonds. The van der Waals surface area contributed by atoms with Crippen LogP contribution in [0.1, 0.15) is 12.0 Å². The Kier molecular flexibility index (Phi) is 5.99. The molecule has 0 aliphatic rings. The fourth-order valence-electron chi connectivity index (χ4n) is 1.81. The van der Waals surface area contributed by atoms with Gasteiger partial charge in [-0.05, 0) is 48.5 Å². The van der Waals surface area contributed by atoms with Gasteiger partial charge in [0.25, 0.3) is 0 Å². The second kappa shape index (κ2) is 8.19. The Balaban J connectivity index is 1.72. The SMILES string of the molecule is O=C(CCc1ccc(F)cc1)NNC(=S)Nc1ccccc1F. The number of thiocarbonyl (C=S) groups is 1. The summed E-state index contributed by atoms with van der Waals surface area (Å²) in [6, 6.07) is 12.0. The maximum Gasteiger partial charge on any atom is 0.238 e. The number of nitrogens with one attached hydrogen (secondary N) is 3. The number of amides is 1. The van der Waals surface area contributed by atoms with Crippen molar-refractivity contribution >= 4 is 28.9 Å². The van der Waals surface area contributed by atoms with E-state index in [0.29, 0.717) is 6.42 Å². The van der Waals surface area contributed by atoms with Gasteiger partial charge in [-0.2, -0.15) is 0 Å². The topological polar surface area (TPSA) is 53.2 Å². The van der Waals surface area contributed by atoms with Crippen molar-refractivity contribution in [2.24, 2.45) is 0 Å². The number of rotatable bonds is 4. The molecule has 7 heteroatoms. The van der Waals surface area contributed by atoms with Crippen LogP contribution in [0.25, 0.3) is 0 Å². The van der Waals surface area contributed by atoms with E-state index in [4.69, 9.17) is 12.2 Å². The number of para-hydroxylation sites is 1. The molecule has 0 atom stereocenters. The summed E-state index contributed by atoms with van der Waals surface area (Å²) in [5.41, 5.74) is 5.98. The van der Waals surface area contributed by atoms with Crippen LogP contribution in [0.5, 0.6) is 0 Å². The van der Waals surface area contributed by atoms with Gasteiger partial charge in [0, 0.05) is 6.42 Å². The highest BCUT2D eigenvalue weighted by atomic mass is 32.1. The summed E-state index contributed by atoms with van der Waals surface area (Å²) < 4.78 is 26.2. The molecule has 0 bridgehead atoms. The Hall–Kier alpha value is -2.54. The van der Waals surface area contributed by atoms with Crippen molar-refractivity contribution in [2.45, 2.75) is 12.8 Å². The van der Waals surface area contributed by atoms with Crippen LogP contribution < -0.4 is 16.2 Å². The predicted octanol–water partition coefficient (Wildman–Crippen LogP) is 2.92. The van der Waals surface area contributed by atoms with Crippen LogP contribution in [0, 0.1) is 11.6 Å². The minimum Gasteiger partial charge on any atom is -0.329 e. The number of carbonyl (C=O) groups is 1. The smallest absolute Gasteiger partial charge is 0.238 e. The van der Waals surface area contributed by atoms with Crippen LogP contribution in [-0.4, -0.2) is 11.0 Å². The minimum absolute atomic E-state index is 0.0743. The summed E-state index contributed by atoms with van der Waals surface area (Å²) in [5.74, 6) is -1.05. The van der Waals surface area contributed by atoms with E-state index in [9.17, 15) is 13.6 Å². The third-order valence-electron chi connectivity index (χ3n) is 2.99. The largest absolute Gasteiger partial charge is 0.329 e. The molecule has 0 saturated heterocycles. The molecule has 0 spiro atoms. The molecule has 0 aromatic heterocycles. The minimum atomic E-state index is -0.445. The molecule has 0 saturated carbocycles. The molecule has 4 nitrogen and oxygen atoms in total. The zero-order valence-electron chi connectivity index (χ0n) is 12.1. The van der Waals surface area contributed by atoms with Crippen LogP contribution >= 0.6 is 12.2 Å². The van der Waals surface area contributed by atoms with Crippen LogP contribution in [0.3, 0.4) is 0 Å². The van der Waals surface area contributed by atoms with E-state index in [1.54, 1.807) is 24.3 Å². The molecule has 0 aliphatic heterocycles. The summed E-state index contributed by atoms with van der Waals surface area (Å²) in [5, 5.41) is 2.71. The molecule has 0 radical (unpaired) electrons. The Morgan fingerprint density at radius 3 is 2.39 bits per heavy atom. The normalized spacial score (nSPS) is 10.0. The fourth-order valence-corrected chi connectivity index (χ4v) is 1.98. The molecule has 2 aromatic carbocycles. The van der Waals surface area contributed by atoms with Crippen molar-refractivity contribution in [3.8, 4) is 0 Å². The lowest BCUT2D eigenvalue weighted by molar-refractivity contribution is -0.121. The predicted molar refractivity (Wildman–Crippen MR) is 88.6 cm³/mol. The highest BCUT2D eigenvalue weighted by molar-refractivity contribution is 7.80. The summed E-state index contributed by atoms with van der Waals surface area (Å²) >= 11 is 4.96. The van der Waals surface area contributed by atoms with Crippen molar-refractivity contribution in [2.75, 3.05) is 5.32 Å². The van der Waals surface area contributed by atoms with Crippen LogP contribution in [0.15, 0.2) is 48.5 Å². The number of hydrogen-bond acceptors (Lipinski definition) is 2. The lowest BCUT2D eigenvalue weighted by atomic mass is 10.1. The van der Waals surface area contributed by atoms with Gasteiger partial charge in [-0.25, -0.2) is 8.78 Å². The molecule has 0 unspecified atom stereocenters. The molecule has 23 heavy (non-hydrogen) atoms. The second-order valence-electron chi connectivity index (χ2n) is 4.73. The molecule has 2 aromatic rings. The van der Waals surface area contributed by atoms with Gasteiger partial charge in [-0.3, -0.25) is 15.6 Å². The summed E-state index contributed by atoms with van der Waals surface area (Å²) in [4.78, 5) is 11.7. The van der Waals surface area contributed by atoms with Crippen LogP contribution in [-0.2, 0) is 11.2 Å². The Morgan fingerprint density at radius 1 is 1.00 bits per heavy atom. The number of hydrogen-bond donors (Lipinski definition) is 3. The van der Waals surface area contributed by atoms with E-state index < -0.39 is 5.82 Å². The zero-order valence-corrected chi connectivity index (χ0v) is 12.9. The summed E-state index contributed by atoms with van der Waals surface area (Å²) in [6.07, 6.45) is 0.683. The average Bonchev–Trinajstić information content (AvgIpc) is 2.54. The third kappa shape index (κ3) is 5.63. The van der Waals surface area contributed by atoms with Gasteiger partial charge in [0.1, 0.15) is 11.6 Å². The summed E-state index contributed by atoms with van der Waals surface area (Å²) in [6.45, 7) is 0. The average molecular weight is 335 g/mol. The van der Waals surface area contributed by atoms with Crippen molar-refractivity contribution in [1.29, 1.82) is 0 Å². The van der Waals surface area contributed by atoms with Gasteiger partial charge in [0.15, 0.2) is 5.11 Å². The van der Waals surface area contributed by atoms with Gasteiger partial charge >= 0.3 is 0 Å². The molecule has 0 fully saturated rings. The van der Waals surface area contributed by atoms with Gasteiger partial charge < -0.3 is 5.32 Å². The van der Waals surface area contributed by atoms with E-state index in [1.807, 2.05) is 0 Å². The van der Waals surface area contributed by atoms with Crippen molar-refractivity contribution in [3.63, 3.8) is 0 Å². The quantitative estimate of drug-likeness (QED) is 0.594. The van der Waals surface area contributed by atoms with Gasteiger partial charge in [0.2, 0.25) is 5.91 Å². The van der Waals surface area contributed by atoms with Crippen molar-refractivity contribution < 1.29 is 13.6 Å². The first-order chi connectivity index (χ1) is 11.0. The molecule has 0 heterocycles. The summed E-state index contributed by atoms with van der Waals surface area (Å²) in [7, 11) is 0. The monoisotopic (exact) mass is 335 g/mol. The highest BCUT2D eigenvalue weighted by Gasteiger charge is 2.05. The number of aryl methyl sites for hydroxylation is 1. The van der Waals surface area contributed by atoms with E-state index in [0.717, 1.165) is 5.56 Å². The highest BCUT2D eigenvalue weighted by Crippen LogP contribution is 2.11. The number of benzene rings is 2. The molecular formula is C16H15F2N3OS. The molecular weight excluding hydrogens is 320 g/mol. The van der Waals surface area contributed by atoms with Crippen LogP contribution in [0.4, 0.5) is 14.5 Å². The molecule has 120 valence electrons. The van der Waals surface area contributed by atoms with Gasteiger partial charge in [0.05, 0.1) is 5.69 Å². The standard InChI is InChI=1S/C16H15F2N3OS/c17-12-8-5-11(6-9-12)7-10-15(22)20-21-16(23)19-14-4-2-1-3-13(14)18/h1-6,8-9H,7,10H2,(H,20,22)(H2,19,21,23). The van der Waals surface area contributed by atoms with E-state index in [-0.39, 0.29) is 28.9 Å².